The van der Waals surface area contributed by atoms with Crippen molar-refractivity contribution in [1.29, 1.82) is 0 Å². The summed E-state index contributed by atoms with van der Waals surface area (Å²) < 4.78 is 26.6. The molecule has 3 N–H and O–H groups in total. The Labute approximate surface area is 88.0 Å². The van der Waals surface area contributed by atoms with Crippen LogP contribution in [-0.2, 0) is 22.9 Å². The highest BCUT2D eigenvalue weighted by Crippen LogP contribution is 2.31. The van der Waals surface area contributed by atoms with Crippen LogP contribution in [0.1, 0.15) is 0 Å². The van der Waals surface area contributed by atoms with Gasteiger partial charge in [0.1, 0.15) is 0 Å². The lowest BCUT2D eigenvalue weighted by Gasteiger charge is -2.34. The van der Waals surface area contributed by atoms with Crippen LogP contribution in [-0.4, -0.2) is 51.6 Å². The van der Waals surface area contributed by atoms with Crippen LogP contribution in [0.2, 0.25) is 0 Å². The Morgan fingerprint density at radius 1 is 1.40 bits per heavy atom. The lowest BCUT2D eigenvalue weighted by molar-refractivity contribution is -0.132. The van der Waals surface area contributed by atoms with E-state index in [1.54, 1.807) is 0 Å². The van der Waals surface area contributed by atoms with Crippen LogP contribution in [0.5, 0.6) is 0 Å². The minimum absolute atomic E-state index is 0.394. The smallest absolute Gasteiger partial charge is 0.340 e. The second-order valence-corrected chi connectivity index (χ2v) is 10.4. The molecule has 0 saturated carbocycles. The zero-order valence-electron chi connectivity index (χ0n) is 8.80. The molecule has 0 unspecified atom stereocenters. The number of carbonyl (C=O) groups excluding carboxylic acids is 1. The van der Waals surface area contributed by atoms with Gasteiger partial charge in [0.15, 0.2) is 0 Å². The quantitative estimate of drug-likeness (QED) is 0.537. The number of nitrogens with one attached hydrogen (secondary N) is 1. The molecule has 0 saturated heterocycles. The van der Waals surface area contributed by atoms with Gasteiger partial charge in [-0.3, -0.25) is 9.88 Å². The molecule has 92 valence electrons. The zero-order chi connectivity index (χ0) is 12.4. The van der Waals surface area contributed by atoms with Crippen LogP contribution in [0.3, 0.4) is 0 Å². The molecule has 15 heavy (non-hydrogen) atoms. The van der Waals surface area contributed by atoms with Crippen LogP contribution in [0.4, 0.5) is 0 Å². The standard InChI is InChI=1S/C6H16NO6PS/c1-15(2,3,12)13-6(8)4-7-5-14(9,10)11/h7H,4-5H2,1-3H3,(H2,9,10,11). The van der Waals surface area contributed by atoms with Crippen molar-refractivity contribution in [3.63, 3.8) is 0 Å². The van der Waals surface area contributed by atoms with Crippen molar-refractivity contribution in [3.05, 3.63) is 0 Å². The third kappa shape index (κ3) is 11.7. The molecule has 0 bridgehead atoms. The molecule has 0 fully saturated rings. The first-order valence-electron chi connectivity index (χ1n) is 3.93. The second-order valence-electron chi connectivity index (χ2n) is 4.00. The maximum absolute atomic E-state index is 11.5. The van der Waals surface area contributed by atoms with E-state index >= 15 is 0 Å². The van der Waals surface area contributed by atoms with Gasteiger partial charge in [-0.05, 0) is 0 Å². The molecule has 0 amide bonds. The van der Waals surface area contributed by atoms with E-state index < -0.39 is 35.7 Å². The fourth-order valence-electron chi connectivity index (χ4n) is 0.650. The summed E-state index contributed by atoms with van der Waals surface area (Å²) in [6.07, 6.45) is 3.25. The monoisotopic (exact) mass is 261 g/mol. The molecule has 0 heterocycles. The van der Waals surface area contributed by atoms with Gasteiger partial charge in [-0.2, -0.15) is 13.6 Å². The number of hydrogen-bond donors (Lipinski definition) is 3. The Bertz CT molecular complexity index is 344. The molecule has 0 aliphatic rings. The molecule has 7 nitrogen and oxygen atoms in total. The topological polar surface area (TPSA) is 113 Å². The highest BCUT2D eigenvalue weighted by Gasteiger charge is 2.18. The molecule has 0 aliphatic carbocycles. The lowest BCUT2D eigenvalue weighted by Crippen LogP contribution is -2.37. The van der Waals surface area contributed by atoms with Gasteiger partial charge in [0, 0.05) is 18.8 Å². The van der Waals surface area contributed by atoms with E-state index in [2.05, 4.69) is 9.50 Å². The summed E-state index contributed by atoms with van der Waals surface area (Å²) in [6.45, 7) is -0.394. The summed E-state index contributed by atoms with van der Waals surface area (Å²) in [4.78, 5) is 27.9. The van der Waals surface area contributed by atoms with Crippen molar-refractivity contribution in [2.75, 3.05) is 31.6 Å². The number of rotatable bonds is 5. The van der Waals surface area contributed by atoms with Gasteiger partial charge in [-0.1, -0.05) is 0 Å². The number of carbonyl (C=O) groups is 1. The maximum atomic E-state index is 11.5. The highest BCUT2D eigenvalue weighted by atomic mass is 32.3. The largest absolute Gasteiger partial charge is 0.357 e. The van der Waals surface area contributed by atoms with E-state index in [9.17, 15) is 13.6 Å². The molecule has 0 aromatic heterocycles. The second kappa shape index (κ2) is 4.31. The zero-order valence-corrected chi connectivity index (χ0v) is 10.5. The van der Waals surface area contributed by atoms with Crippen LogP contribution in [0.15, 0.2) is 0 Å². The van der Waals surface area contributed by atoms with Crippen molar-refractivity contribution in [2.24, 2.45) is 0 Å². The first-order valence-corrected chi connectivity index (χ1v) is 8.84. The van der Waals surface area contributed by atoms with E-state index in [0.29, 0.717) is 0 Å². The third-order valence-electron chi connectivity index (χ3n) is 0.964. The summed E-state index contributed by atoms with van der Waals surface area (Å²) in [7, 11) is -7.55. The minimum atomic E-state index is -4.18. The number of hydrogen-bond acceptors (Lipinski definition) is 5. The molecule has 0 aliphatic heterocycles. The fourth-order valence-corrected chi connectivity index (χ4v) is 1.75. The normalized spacial score (nSPS) is 15.4. The van der Waals surface area contributed by atoms with Crippen LogP contribution in [0.25, 0.3) is 0 Å². The molecular formula is C6H16NO6PS. The van der Waals surface area contributed by atoms with Crippen molar-refractivity contribution >= 4 is 22.9 Å². The average Bonchev–Trinajstić information content (AvgIpc) is 1.76. The van der Waals surface area contributed by atoms with Crippen LogP contribution in [0, 0.1) is 0 Å². The molecule has 9 heteroatoms. The summed E-state index contributed by atoms with van der Waals surface area (Å²) in [5.74, 6) is -0.812. The van der Waals surface area contributed by atoms with E-state index in [1.165, 1.54) is 18.8 Å². The van der Waals surface area contributed by atoms with Crippen LogP contribution >= 0.6 is 7.60 Å². The Morgan fingerprint density at radius 3 is 2.20 bits per heavy atom. The minimum Gasteiger partial charge on any atom is -0.357 e. The van der Waals surface area contributed by atoms with E-state index in [4.69, 9.17) is 9.79 Å². The van der Waals surface area contributed by atoms with Gasteiger partial charge in [-0.15, -0.1) is 0 Å². The summed E-state index contributed by atoms with van der Waals surface area (Å²) in [6, 6.07) is 0. The average molecular weight is 261 g/mol. The summed E-state index contributed by atoms with van der Waals surface area (Å²) >= 11 is 0. The summed E-state index contributed by atoms with van der Waals surface area (Å²) in [5.41, 5.74) is 0. The Balaban J connectivity index is 3.99. The van der Waals surface area contributed by atoms with E-state index in [0.717, 1.165) is 0 Å². The predicted octanol–water partition coefficient (Wildman–Crippen LogP) is -1.12. The van der Waals surface area contributed by atoms with Gasteiger partial charge in [0.05, 0.1) is 12.8 Å². The first kappa shape index (κ1) is 14.7. The fraction of sp³-hybridized carbons (Fsp3) is 0.833. The molecule has 0 aromatic carbocycles. The molecule has 0 aromatic rings. The van der Waals surface area contributed by atoms with Crippen LogP contribution < -0.4 is 5.32 Å². The van der Waals surface area contributed by atoms with E-state index in [1.807, 2.05) is 0 Å². The van der Waals surface area contributed by atoms with Crippen molar-refractivity contribution in [3.8, 4) is 0 Å². The van der Waals surface area contributed by atoms with Crippen molar-refractivity contribution in [1.82, 2.24) is 5.32 Å². The highest BCUT2D eigenvalue weighted by molar-refractivity contribution is 8.14. The van der Waals surface area contributed by atoms with Crippen molar-refractivity contribution < 1.29 is 27.5 Å². The third-order valence-corrected chi connectivity index (χ3v) is 2.35. The van der Waals surface area contributed by atoms with Gasteiger partial charge >= 0.3 is 13.6 Å². The van der Waals surface area contributed by atoms with Gasteiger partial charge in [-0.25, -0.2) is 4.79 Å². The molecule has 0 rings (SSSR count). The Kier molecular flexibility index (Phi) is 4.23. The Hall–Kier alpha value is -0.270. The van der Waals surface area contributed by atoms with Gasteiger partial charge < -0.3 is 14.0 Å². The molecule has 0 radical (unpaired) electrons. The lowest BCUT2D eigenvalue weighted by atomic mass is 10.7. The first-order chi connectivity index (χ1) is 6.35. The predicted molar refractivity (Wildman–Crippen MR) is 56.9 cm³/mol. The van der Waals surface area contributed by atoms with Gasteiger partial charge in [0.2, 0.25) is 0 Å². The Morgan fingerprint density at radius 2 is 1.87 bits per heavy atom. The molecule has 0 atom stereocenters. The molecule has 0 spiro atoms. The van der Waals surface area contributed by atoms with Gasteiger partial charge in [0.25, 0.3) is 0 Å². The van der Waals surface area contributed by atoms with E-state index in [-0.39, 0.29) is 0 Å². The SMILES string of the molecule is CS(C)(C)(=O)OC(=O)CNCP(=O)(O)O. The molecular weight excluding hydrogens is 245 g/mol. The van der Waals surface area contributed by atoms with Crippen molar-refractivity contribution in [2.45, 2.75) is 0 Å². The maximum Gasteiger partial charge on any atom is 0.340 e. The summed E-state index contributed by atoms with van der Waals surface area (Å²) in [5, 5.41) is 2.21.